The van der Waals surface area contributed by atoms with Crippen molar-refractivity contribution in [1.29, 1.82) is 0 Å². The average Bonchev–Trinajstić information content (AvgIpc) is 2.98. The van der Waals surface area contributed by atoms with Crippen LogP contribution in [0.3, 0.4) is 0 Å². The Morgan fingerprint density at radius 3 is 2.36 bits per heavy atom. The third-order valence-corrected chi connectivity index (χ3v) is 5.05. The maximum absolute atomic E-state index is 5.24. The Labute approximate surface area is 148 Å². The SMILES string of the molecule is COc1ccc(N2CCN(Cc3nc4ccccc4n3C)CC2)cc1. The van der Waals surface area contributed by atoms with Crippen LogP contribution >= 0.6 is 0 Å². The average molecular weight is 336 g/mol. The van der Waals surface area contributed by atoms with Gasteiger partial charge in [-0.15, -0.1) is 0 Å². The lowest BCUT2D eigenvalue weighted by atomic mass is 10.2. The van der Waals surface area contributed by atoms with Gasteiger partial charge in [-0.3, -0.25) is 4.90 Å². The molecule has 0 unspecified atom stereocenters. The number of hydrogen-bond donors (Lipinski definition) is 0. The first-order chi connectivity index (χ1) is 12.2. The smallest absolute Gasteiger partial charge is 0.123 e. The second kappa shape index (κ2) is 6.76. The number of ether oxygens (including phenoxy) is 1. The number of rotatable bonds is 4. The Morgan fingerprint density at radius 1 is 0.960 bits per heavy atom. The summed E-state index contributed by atoms with van der Waals surface area (Å²) in [7, 11) is 3.81. The lowest BCUT2D eigenvalue weighted by molar-refractivity contribution is 0.242. The number of anilines is 1. The van der Waals surface area contributed by atoms with Crippen LogP contribution < -0.4 is 9.64 Å². The number of methoxy groups -OCH3 is 1. The molecule has 4 rings (SSSR count). The van der Waals surface area contributed by atoms with Gasteiger partial charge in [-0.25, -0.2) is 4.98 Å². The van der Waals surface area contributed by atoms with Crippen LogP contribution in [0.4, 0.5) is 5.69 Å². The number of piperazine rings is 1. The molecule has 0 saturated carbocycles. The second-order valence-electron chi connectivity index (χ2n) is 6.54. The van der Waals surface area contributed by atoms with Gasteiger partial charge in [-0.1, -0.05) is 12.1 Å². The maximum atomic E-state index is 5.24. The molecule has 0 amide bonds. The predicted molar refractivity (Wildman–Crippen MR) is 101 cm³/mol. The van der Waals surface area contributed by atoms with Crippen molar-refractivity contribution in [3.05, 3.63) is 54.4 Å². The van der Waals surface area contributed by atoms with E-state index in [0.717, 1.165) is 49.8 Å². The van der Waals surface area contributed by atoms with Gasteiger partial charge in [0, 0.05) is 38.9 Å². The van der Waals surface area contributed by atoms with Crippen molar-refractivity contribution in [2.75, 3.05) is 38.2 Å². The van der Waals surface area contributed by atoms with Crippen molar-refractivity contribution >= 4 is 16.7 Å². The van der Waals surface area contributed by atoms with Crippen molar-refractivity contribution in [3.63, 3.8) is 0 Å². The largest absolute Gasteiger partial charge is 0.497 e. The summed E-state index contributed by atoms with van der Waals surface area (Å²) < 4.78 is 7.45. The summed E-state index contributed by atoms with van der Waals surface area (Å²) in [6.07, 6.45) is 0. The van der Waals surface area contributed by atoms with Crippen LogP contribution in [0.1, 0.15) is 5.82 Å². The zero-order valence-corrected chi connectivity index (χ0v) is 14.9. The maximum Gasteiger partial charge on any atom is 0.123 e. The highest BCUT2D eigenvalue weighted by molar-refractivity contribution is 5.75. The molecular formula is C20H24N4O. The van der Waals surface area contributed by atoms with Crippen LogP contribution in [-0.2, 0) is 13.6 Å². The molecule has 1 aromatic heterocycles. The van der Waals surface area contributed by atoms with Gasteiger partial charge in [0.25, 0.3) is 0 Å². The lowest BCUT2D eigenvalue weighted by Gasteiger charge is -2.36. The van der Waals surface area contributed by atoms with E-state index >= 15 is 0 Å². The lowest BCUT2D eigenvalue weighted by Crippen LogP contribution is -2.46. The van der Waals surface area contributed by atoms with E-state index in [9.17, 15) is 0 Å². The summed E-state index contributed by atoms with van der Waals surface area (Å²) in [5.74, 6) is 2.04. The summed E-state index contributed by atoms with van der Waals surface area (Å²) in [5, 5.41) is 0. The van der Waals surface area contributed by atoms with Crippen molar-refractivity contribution in [1.82, 2.24) is 14.5 Å². The van der Waals surface area contributed by atoms with Gasteiger partial charge in [0.1, 0.15) is 11.6 Å². The predicted octanol–water partition coefficient (Wildman–Crippen LogP) is 2.90. The van der Waals surface area contributed by atoms with Crippen molar-refractivity contribution < 1.29 is 4.74 Å². The Bertz CT molecular complexity index is 848. The highest BCUT2D eigenvalue weighted by Crippen LogP contribution is 2.21. The molecule has 2 aromatic carbocycles. The minimum atomic E-state index is 0.904. The van der Waals surface area contributed by atoms with E-state index in [1.807, 2.05) is 18.2 Å². The molecule has 0 bridgehead atoms. The molecule has 1 aliphatic heterocycles. The number of fused-ring (bicyclic) bond motifs is 1. The first-order valence-corrected chi connectivity index (χ1v) is 8.76. The molecule has 2 heterocycles. The van der Waals surface area contributed by atoms with Gasteiger partial charge in [0.15, 0.2) is 0 Å². The molecule has 0 radical (unpaired) electrons. The molecule has 1 fully saturated rings. The monoisotopic (exact) mass is 336 g/mol. The number of benzene rings is 2. The van der Waals surface area contributed by atoms with E-state index in [1.54, 1.807) is 7.11 Å². The van der Waals surface area contributed by atoms with Crippen LogP contribution in [0.2, 0.25) is 0 Å². The first kappa shape index (κ1) is 16.0. The quantitative estimate of drug-likeness (QED) is 0.734. The number of aromatic nitrogens is 2. The highest BCUT2D eigenvalue weighted by Gasteiger charge is 2.19. The molecule has 25 heavy (non-hydrogen) atoms. The molecule has 0 aliphatic carbocycles. The van der Waals surface area contributed by atoms with E-state index < -0.39 is 0 Å². The Kier molecular flexibility index (Phi) is 4.32. The fourth-order valence-electron chi connectivity index (χ4n) is 3.49. The van der Waals surface area contributed by atoms with E-state index in [2.05, 4.69) is 51.7 Å². The van der Waals surface area contributed by atoms with Gasteiger partial charge in [-0.2, -0.15) is 0 Å². The standard InChI is InChI=1S/C20H24N4O/c1-22-19-6-4-3-5-18(19)21-20(22)15-23-11-13-24(14-12-23)16-7-9-17(25-2)10-8-16/h3-10H,11-15H2,1-2H3. The Balaban J connectivity index is 1.40. The molecule has 5 heteroatoms. The van der Waals surface area contributed by atoms with E-state index in [1.165, 1.54) is 11.2 Å². The molecule has 0 spiro atoms. The van der Waals surface area contributed by atoms with E-state index in [4.69, 9.17) is 9.72 Å². The number of imidazole rings is 1. The van der Waals surface area contributed by atoms with E-state index in [0.29, 0.717) is 0 Å². The topological polar surface area (TPSA) is 33.5 Å². The summed E-state index contributed by atoms with van der Waals surface area (Å²) in [4.78, 5) is 9.72. The van der Waals surface area contributed by atoms with Gasteiger partial charge in [0.05, 0.1) is 24.7 Å². The van der Waals surface area contributed by atoms with Gasteiger partial charge in [0.2, 0.25) is 0 Å². The number of hydrogen-bond acceptors (Lipinski definition) is 4. The number of aryl methyl sites for hydroxylation is 1. The zero-order chi connectivity index (χ0) is 17.2. The molecule has 0 N–H and O–H groups in total. The molecule has 130 valence electrons. The van der Waals surface area contributed by atoms with Crippen molar-refractivity contribution in [3.8, 4) is 5.75 Å². The summed E-state index contributed by atoms with van der Waals surface area (Å²) in [6, 6.07) is 16.7. The molecule has 5 nitrogen and oxygen atoms in total. The fraction of sp³-hybridized carbons (Fsp3) is 0.350. The molecule has 0 atom stereocenters. The molecule has 1 aliphatic rings. The summed E-state index contributed by atoms with van der Waals surface area (Å²) in [6.45, 7) is 5.08. The van der Waals surface area contributed by atoms with Crippen LogP contribution in [0.25, 0.3) is 11.0 Å². The minimum absolute atomic E-state index is 0.904. The van der Waals surface area contributed by atoms with Crippen molar-refractivity contribution in [2.24, 2.45) is 7.05 Å². The van der Waals surface area contributed by atoms with Crippen LogP contribution in [0, 0.1) is 0 Å². The normalized spacial score (nSPS) is 15.7. The third-order valence-electron chi connectivity index (χ3n) is 5.05. The molecular weight excluding hydrogens is 312 g/mol. The van der Waals surface area contributed by atoms with Gasteiger partial charge in [-0.05, 0) is 36.4 Å². The Hall–Kier alpha value is -2.53. The third kappa shape index (κ3) is 3.20. The highest BCUT2D eigenvalue weighted by atomic mass is 16.5. The summed E-state index contributed by atoms with van der Waals surface area (Å²) >= 11 is 0. The number of nitrogens with zero attached hydrogens (tertiary/aromatic N) is 4. The van der Waals surface area contributed by atoms with Crippen molar-refractivity contribution in [2.45, 2.75) is 6.54 Å². The van der Waals surface area contributed by atoms with Crippen LogP contribution in [0.15, 0.2) is 48.5 Å². The summed E-state index contributed by atoms with van der Waals surface area (Å²) in [5.41, 5.74) is 3.55. The second-order valence-corrected chi connectivity index (χ2v) is 6.54. The number of para-hydroxylation sites is 2. The first-order valence-electron chi connectivity index (χ1n) is 8.76. The van der Waals surface area contributed by atoms with Gasteiger partial charge >= 0.3 is 0 Å². The van der Waals surface area contributed by atoms with Crippen LogP contribution in [-0.4, -0.2) is 47.7 Å². The minimum Gasteiger partial charge on any atom is -0.497 e. The van der Waals surface area contributed by atoms with E-state index in [-0.39, 0.29) is 0 Å². The zero-order valence-electron chi connectivity index (χ0n) is 14.9. The van der Waals surface area contributed by atoms with Crippen LogP contribution in [0.5, 0.6) is 5.75 Å². The van der Waals surface area contributed by atoms with Gasteiger partial charge < -0.3 is 14.2 Å². The molecule has 1 saturated heterocycles. The molecule has 3 aromatic rings. The fourth-order valence-corrected chi connectivity index (χ4v) is 3.49. The Morgan fingerprint density at radius 2 is 1.68 bits per heavy atom.